The van der Waals surface area contributed by atoms with E-state index in [9.17, 15) is 4.79 Å². The van der Waals surface area contributed by atoms with Crippen molar-refractivity contribution in [2.75, 3.05) is 26.2 Å². The zero-order chi connectivity index (χ0) is 18.6. The Morgan fingerprint density at radius 2 is 2.23 bits per heavy atom. The number of nitrogens with one attached hydrogen (secondary N) is 1. The molecule has 0 aromatic carbocycles. The number of hydrogen-bond acceptors (Lipinski definition) is 3. The van der Waals surface area contributed by atoms with Crippen molar-refractivity contribution >= 4 is 5.91 Å². The molecule has 144 valence electrons. The van der Waals surface area contributed by atoms with Crippen LogP contribution in [0.15, 0.2) is 34.0 Å². The van der Waals surface area contributed by atoms with E-state index in [0.717, 1.165) is 19.6 Å². The first kappa shape index (κ1) is 19.2. The van der Waals surface area contributed by atoms with Crippen LogP contribution in [-0.4, -0.2) is 37.0 Å². The summed E-state index contributed by atoms with van der Waals surface area (Å²) in [6.45, 7) is 11.3. The number of piperidine rings is 1. The number of rotatable bonds is 6. The summed E-state index contributed by atoms with van der Waals surface area (Å²) in [4.78, 5) is 14.6. The topological polar surface area (TPSA) is 45.5 Å². The summed E-state index contributed by atoms with van der Waals surface area (Å²) in [5.41, 5.74) is 3.69. The molecule has 2 heterocycles. The standard InChI is InChI=1S/C22H34N2O2/c1-17-7-4-11-22(2,3)19(17)10-13-24-12-5-8-18(16-24)15-23-21(25)20-9-6-14-26-20/h6,9,14,18H,4-5,7-8,10-13,15-16H2,1-3H3,(H,23,25). The Balaban J connectivity index is 1.47. The highest BCUT2D eigenvalue weighted by Crippen LogP contribution is 2.41. The van der Waals surface area contributed by atoms with E-state index in [4.69, 9.17) is 4.42 Å². The van der Waals surface area contributed by atoms with Crippen LogP contribution in [0.5, 0.6) is 0 Å². The van der Waals surface area contributed by atoms with Gasteiger partial charge in [0.1, 0.15) is 0 Å². The maximum absolute atomic E-state index is 12.0. The molecule has 4 heteroatoms. The van der Waals surface area contributed by atoms with Crippen LogP contribution in [0.25, 0.3) is 0 Å². The fourth-order valence-corrected chi connectivity index (χ4v) is 4.75. The molecular weight excluding hydrogens is 324 g/mol. The van der Waals surface area contributed by atoms with E-state index >= 15 is 0 Å². The van der Waals surface area contributed by atoms with Gasteiger partial charge in [0.15, 0.2) is 5.76 Å². The third kappa shape index (κ3) is 4.79. The lowest BCUT2D eigenvalue weighted by molar-refractivity contribution is 0.0904. The van der Waals surface area contributed by atoms with Crippen molar-refractivity contribution in [2.45, 2.75) is 59.3 Å². The van der Waals surface area contributed by atoms with E-state index in [1.165, 1.54) is 45.1 Å². The number of carbonyl (C=O) groups is 1. The Labute approximate surface area is 158 Å². The summed E-state index contributed by atoms with van der Waals surface area (Å²) in [5, 5.41) is 3.03. The van der Waals surface area contributed by atoms with E-state index in [1.54, 1.807) is 29.5 Å². The molecule has 1 aliphatic heterocycles. The Bertz CT molecular complexity index is 631. The van der Waals surface area contributed by atoms with Crippen molar-refractivity contribution in [3.05, 3.63) is 35.3 Å². The first-order chi connectivity index (χ1) is 12.5. The second-order valence-electron chi connectivity index (χ2n) is 8.74. The molecule has 0 spiro atoms. The lowest BCUT2D eigenvalue weighted by Crippen LogP contribution is -2.41. The van der Waals surface area contributed by atoms with Gasteiger partial charge in [0, 0.05) is 19.6 Å². The van der Waals surface area contributed by atoms with Gasteiger partial charge in [0.2, 0.25) is 0 Å². The molecule has 2 aliphatic rings. The molecule has 1 amide bonds. The highest BCUT2D eigenvalue weighted by Gasteiger charge is 2.29. The Kier molecular flexibility index (Phi) is 6.23. The number of amides is 1. The van der Waals surface area contributed by atoms with Crippen LogP contribution in [0.1, 0.15) is 69.9 Å². The maximum atomic E-state index is 12.0. The normalized spacial score (nSPS) is 23.9. The molecule has 1 aromatic heterocycles. The van der Waals surface area contributed by atoms with Crippen molar-refractivity contribution in [3.8, 4) is 0 Å². The molecule has 1 saturated heterocycles. The van der Waals surface area contributed by atoms with E-state index in [0.29, 0.717) is 17.1 Å². The molecule has 4 nitrogen and oxygen atoms in total. The largest absolute Gasteiger partial charge is 0.459 e. The molecule has 1 N–H and O–H groups in total. The quantitative estimate of drug-likeness (QED) is 0.754. The van der Waals surface area contributed by atoms with Gasteiger partial charge < -0.3 is 14.6 Å². The predicted molar refractivity (Wildman–Crippen MR) is 105 cm³/mol. The molecule has 1 aliphatic carbocycles. The number of likely N-dealkylation sites (tertiary alicyclic amines) is 1. The average molecular weight is 359 g/mol. The molecule has 1 atom stereocenters. The number of furan rings is 1. The van der Waals surface area contributed by atoms with Gasteiger partial charge in [0.25, 0.3) is 5.91 Å². The van der Waals surface area contributed by atoms with Gasteiger partial charge in [-0.15, -0.1) is 0 Å². The van der Waals surface area contributed by atoms with Crippen LogP contribution in [0, 0.1) is 11.3 Å². The summed E-state index contributed by atoms with van der Waals surface area (Å²) in [7, 11) is 0. The molecule has 3 rings (SSSR count). The van der Waals surface area contributed by atoms with E-state index < -0.39 is 0 Å². The van der Waals surface area contributed by atoms with Crippen molar-refractivity contribution in [3.63, 3.8) is 0 Å². The first-order valence-electron chi connectivity index (χ1n) is 10.2. The zero-order valence-corrected chi connectivity index (χ0v) is 16.6. The summed E-state index contributed by atoms with van der Waals surface area (Å²) >= 11 is 0. The number of carbonyl (C=O) groups excluding carboxylic acids is 1. The lowest BCUT2D eigenvalue weighted by Gasteiger charge is -2.37. The van der Waals surface area contributed by atoms with Gasteiger partial charge in [0.05, 0.1) is 6.26 Å². The Morgan fingerprint density at radius 3 is 2.96 bits per heavy atom. The molecule has 1 unspecified atom stereocenters. The minimum absolute atomic E-state index is 0.100. The first-order valence-corrected chi connectivity index (χ1v) is 10.2. The minimum atomic E-state index is -0.100. The molecule has 1 aromatic rings. The van der Waals surface area contributed by atoms with Gasteiger partial charge in [-0.1, -0.05) is 25.0 Å². The van der Waals surface area contributed by atoms with E-state index in [2.05, 4.69) is 31.0 Å². The third-order valence-corrected chi connectivity index (χ3v) is 6.26. The van der Waals surface area contributed by atoms with Crippen molar-refractivity contribution in [1.82, 2.24) is 10.2 Å². The number of nitrogens with zero attached hydrogens (tertiary/aromatic N) is 1. The van der Waals surface area contributed by atoms with Crippen molar-refractivity contribution < 1.29 is 9.21 Å². The van der Waals surface area contributed by atoms with Crippen LogP contribution in [0.3, 0.4) is 0 Å². The van der Waals surface area contributed by atoms with Crippen LogP contribution < -0.4 is 5.32 Å². The van der Waals surface area contributed by atoms with Gasteiger partial charge >= 0.3 is 0 Å². The smallest absolute Gasteiger partial charge is 0.286 e. The summed E-state index contributed by atoms with van der Waals surface area (Å²) in [6, 6.07) is 3.46. The fraction of sp³-hybridized carbons (Fsp3) is 0.682. The minimum Gasteiger partial charge on any atom is -0.459 e. The van der Waals surface area contributed by atoms with Gasteiger partial charge in [-0.05, 0) is 75.5 Å². The lowest BCUT2D eigenvalue weighted by atomic mass is 9.71. The summed E-state index contributed by atoms with van der Waals surface area (Å²) in [6.07, 6.45) is 9.10. The molecule has 0 saturated carbocycles. The predicted octanol–water partition coefficient (Wildman–Crippen LogP) is 4.64. The molecule has 26 heavy (non-hydrogen) atoms. The summed E-state index contributed by atoms with van der Waals surface area (Å²) < 4.78 is 5.16. The SMILES string of the molecule is CC1=C(CCN2CCCC(CNC(=O)c3ccco3)C2)C(C)(C)CCC1. The Hall–Kier alpha value is -1.55. The van der Waals surface area contributed by atoms with Gasteiger partial charge in [-0.3, -0.25) is 4.79 Å². The number of allylic oxidation sites excluding steroid dienone is 1. The van der Waals surface area contributed by atoms with Crippen LogP contribution in [-0.2, 0) is 0 Å². The average Bonchev–Trinajstić information content (AvgIpc) is 3.14. The highest BCUT2D eigenvalue weighted by atomic mass is 16.3. The van der Waals surface area contributed by atoms with Crippen molar-refractivity contribution in [1.29, 1.82) is 0 Å². The van der Waals surface area contributed by atoms with E-state index in [1.807, 2.05) is 0 Å². The monoisotopic (exact) mass is 358 g/mol. The van der Waals surface area contributed by atoms with E-state index in [-0.39, 0.29) is 5.91 Å². The second-order valence-corrected chi connectivity index (χ2v) is 8.74. The van der Waals surface area contributed by atoms with Crippen LogP contribution in [0.4, 0.5) is 0 Å². The third-order valence-electron chi connectivity index (χ3n) is 6.26. The molecular formula is C22H34N2O2. The number of hydrogen-bond donors (Lipinski definition) is 1. The fourth-order valence-electron chi connectivity index (χ4n) is 4.75. The van der Waals surface area contributed by atoms with Crippen molar-refractivity contribution in [2.24, 2.45) is 11.3 Å². The molecule has 0 radical (unpaired) electrons. The van der Waals surface area contributed by atoms with Gasteiger partial charge in [-0.2, -0.15) is 0 Å². The molecule has 0 bridgehead atoms. The zero-order valence-electron chi connectivity index (χ0n) is 16.6. The van der Waals surface area contributed by atoms with Gasteiger partial charge in [-0.25, -0.2) is 0 Å². The maximum Gasteiger partial charge on any atom is 0.286 e. The highest BCUT2D eigenvalue weighted by molar-refractivity contribution is 5.91. The van der Waals surface area contributed by atoms with Crippen LogP contribution in [0.2, 0.25) is 0 Å². The summed E-state index contributed by atoms with van der Waals surface area (Å²) in [5.74, 6) is 0.841. The Morgan fingerprint density at radius 1 is 1.38 bits per heavy atom. The molecule has 1 fully saturated rings. The second kappa shape index (κ2) is 8.43. The van der Waals surface area contributed by atoms with Crippen LogP contribution >= 0.6 is 0 Å².